The first-order valence-electron chi connectivity index (χ1n) is 9.39. The Morgan fingerprint density at radius 1 is 1.32 bits per heavy atom. The number of aromatic amines is 1. The zero-order valence-electron chi connectivity index (χ0n) is 17.0. The van der Waals surface area contributed by atoms with Crippen molar-refractivity contribution < 1.29 is 4.79 Å². The van der Waals surface area contributed by atoms with Crippen LogP contribution < -0.4 is 10.9 Å². The van der Waals surface area contributed by atoms with Crippen LogP contribution in [0.15, 0.2) is 4.79 Å². The van der Waals surface area contributed by atoms with E-state index in [9.17, 15) is 9.59 Å². The Balaban J connectivity index is 0.00000196. The maximum absolute atomic E-state index is 12.7. The lowest BCUT2D eigenvalue weighted by Gasteiger charge is -2.33. The van der Waals surface area contributed by atoms with Gasteiger partial charge in [0.1, 0.15) is 0 Å². The van der Waals surface area contributed by atoms with Gasteiger partial charge in [0.25, 0.3) is 5.56 Å². The molecule has 3 heterocycles. The predicted molar refractivity (Wildman–Crippen MR) is 117 cm³/mol. The molecule has 2 N–H and O–H groups in total. The van der Waals surface area contributed by atoms with Crippen molar-refractivity contribution >= 4 is 41.8 Å². The number of likely N-dealkylation sites (tertiary alicyclic amines) is 1. The van der Waals surface area contributed by atoms with E-state index in [1.54, 1.807) is 11.7 Å². The van der Waals surface area contributed by atoms with Gasteiger partial charge in [-0.25, -0.2) is 4.98 Å². The predicted octanol–water partition coefficient (Wildman–Crippen LogP) is 2.11. The summed E-state index contributed by atoms with van der Waals surface area (Å²) in [4.78, 5) is 31.4. The van der Waals surface area contributed by atoms with Gasteiger partial charge in [0.2, 0.25) is 5.91 Å². The molecular formula is C19H31Cl2N5O2. The van der Waals surface area contributed by atoms with E-state index in [1.807, 2.05) is 25.8 Å². The van der Waals surface area contributed by atoms with Crippen molar-refractivity contribution in [3.63, 3.8) is 0 Å². The second kappa shape index (κ2) is 10.3. The van der Waals surface area contributed by atoms with Gasteiger partial charge in [-0.05, 0) is 63.7 Å². The molecule has 0 aliphatic carbocycles. The Labute approximate surface area is 178 Å². The lowest BCUT2D eigenvalue weighted by molar-refractivity contribution is -0.132. The molecule has 1 aliphatic rings. The lowest BCUT2D eigenvalue weighted by Crippen LogP contribution is -2.42. The largest absolute Gasteiger partial charge is 0.342 e. The Hall–Kier alpha value is -1.57. The van der Waals surface area contributed by atoms with Gasteiger partial charge in [-0.15, -0.1) is 24.8 Å². The number of hydrogen-bond donors (Lipinski definition) is 2. The van der Waals surface area contributed by atoms with Crippen LogP contribution in [0.25, 0.3) is 11.0 Å². The Bertz CT molecular complexity index is 875. The van der Waals surface area contributed by atoms with Crippen molar-refractivity contribution in [1.29, 1.82) is 0 Å². The molecule has 0 radical (unpaired) electrons. The molecule has 1 aliphatic heterocycles. The summed E-state index contributed by atoms with van der Waals surface area (Å²) in [6.45, 7) is 6.56. The van der Waals surface area contributed by atoms with Crippen LogP contribution in [0.2, 0.25) is 0 Å². The maximum Gasteiger partial charge on any atom is 0.273 e. The molecule has 0 aromatic carbocycles. The summed E-state index contributed by atoms with van der Waals surface area (Å²) in [5.74, 6) is 0.744. The maximum atomic E-state index is 12.7. The first-order valence-corrected chi connectivity index (χ1v) is 9.39. The van der Waals surface area contributed by atoms with E-state index in [1.165, 1.54) is 6.42 Å². The highest BCUT2D eigenvalue weighted by Crippen LogP contribution is 2.22. The number of pyridine rings is 1. The topological polar surface area (TPSA) is 83.0 Å². The summed E-state index contributed by atoms with van der Waals surface area (Å²) in [5.41, 5.74) is 3.40. The fourth-order valence-corrected chi connectivity index (χ4v) is 4.15. The van der Waals surface area contributed by atoms with E-state index in [0.29, 0.717) is 29.8 Å². The third kappa shape index (κ3) is 4.88. The van der Waals surface area contributed by atoms with Crippen LogP contribution in [0, 0.1) is 19.8 Å². The smallest absolute Gasteiger partial charge is 0.273 e. The van der Waals surface area contributed by atoms with Gasteiger partial charge >= 0.3 is 0 Å². The number of carbonyl (C=O) groups is 1. The number of fused-ring (bicyclic) bond motifs is 1. The molecule has 2 aromatic heterocycles. The van der Waals surface area contributed by atoms with E-state index in [4.69, 9.17) is 0 Å². The van der Waals surface area contributed by atoms with Gasteiger partial charge in [0.05, 0.1) is 5.39 Å². The summed E-state index contributed by atoms with van der Waals surface area (Å²) in [6.07, 6.45) is 3.34. The second-order valence-corrected chi connectivity index (χ2v) is 7.41. The first-order chi connectivity index (χ1) is 12.4. The minimum absolute atomic E-state index is 0. The van der Waals surface area contributed by atoms with Crippen molar-refractivity contribution in [3.8, 4) is 0 Å². The number of halogens is 2. The zero-order valence-corrected chi connectivity index (χ0v) is 18.6. The Morgan fingerprint density at radius 3 is 2.71 bits per heavy atom. The molecule has 28 heavy (non-hydrogen) atoms. The summed E-state index contributed by atoms with van der Waals surface area (Å²) in [6, 6.07) is 0. The third-order valence-electron chi connectivity index (χ3n) is 5.53. The molecule has 0 spiro atoms. The molecule has 1 fully saturated rings. The highest BCUT2D eigenvalue weighted by Gasteiger charge is 2.23. The summed E-state index contributed by atoms with van der Waals surface area (Å²) >= 11 is 0. The van der Waals surface area contributed by atoms with Crippen LogP contribution in [0.5, 0.6) is 0 Å². The van der Waals surface area contributed by atoms with Gasteiger partial charge in [0.15, 0.2) is 5.65 Å². The highest BCUT2D eigenvalue weighted by atomic mass is 35.5. The van der Waals surface area contributed by atoms with Crippen LogP contribution >= 0.6 is 24.8 Å². The molecule has 2 aromatic rings. The van der Waals surface area contributed by atoms with Gasteiger partial charge in [-0.2, -0.15) is 0 Å². The number of aromatic nitrogens is 3. The van der Waals surface area contributed by atoms with Crippen LogP contribution in [0.1, 0.15) is 36.1 Å². The highest BCUT2D eigenvalue weighted by molar-refractivity contribution is 5.85. The van der Waals surface area contributed by atoms with Crippen molar-refractivity contribution in [2.75, 3.05) is 26.7 Å². The molecular weight excluding hydrogens is 401 g/mol. The number of piperidine rings is 1. The van der Waals surface area contributed by atoms with E-state index >= 15 is 0 Å². The quantitative estimate of drug-likeness (QED) is 0.758. The number of amides is 1. The minimum atomic E-state index is -0.119. The number of nitrogens with zero attached hydrogens (tertiary/aromatic N) is 3. The van der Waals surface area contributed by atoms with Crippen LogP contribution in [-0.4, -0.2) is 52.3 Å². The molecule has 1 saturated heterocycles. The molecule has 0 bridgehead atoms. The Kier molecular flexibility index (Phi) is 8.98. The molecule has 158 valence electrons. The summed E-state index contributed by atoms with van der Waals surface area (Å²) < 4.78 is 1.65. The number of carbonyl (C=O) groups excluding carboxylic acids is 1. The number of aryl methyl sites for hydroxylation is 3. The normalized spacial score (nSPS) is 16.6. The monoisotopic (exact) mass is 431 g/mol. The van der Waals surface area contributed by atoms with E-state index in [-0.39, 0.29) is 36.3 Å². The summed E-state index contributed by atoms with van der Waals surface area (Å²) in [7, 11) is 3.75. The van der Waals surface area contributed by atoms with Crippen molar-refractivity contribution in [2.24, 2.45) is 13.0 Å². The molecule has 3 rings (SSSR count). The van der Waals surface area contributed by atoms with Crippen LogP contribution in [-0.2, 0) is 18.3 Å². The van der Waals surface area contributed by atoms with E-state index in [2.05, 4.69) is 15.4 Å². The second-order valence-electron chi connectivity index (χ2n) is 7.41. The van der Waals surface area contributed by atoms with Crippen molar-refractivity contribution in [2.45, 2.75) is 39.5 Å². The SMILES string of the molecule is CNCC1CCCN(C(=O)CCc2c(C)nc3c(c2C)c(=O)[nH]n3C)C1.Cl.Cl. The van der Waals surface area contributed by atoms with Gasteiger partial charge < -0.3 is 10.2 Å². The number of rotatable bonds is 5. The van der Waals surface area contributed by atoms with Crippen LogP contribution in [0.4, 0.5) is 0 Å². The minimum Gasteiger partial charge on any atom is -0.342 e. The summed E-state index contributed by atoms with van der Waals surface area (Å²) in [5, 5.41) is 6.61. The van der Waals surface area contributed by atoms with Crippen LogP contribution in [0.3, 0.4) is 0 Å². The van der Waals surface area contributed by atoms with E-state index in [0.717, 1.165) is 42.9 Å². The van der Waals surface area contributed by atoms with E-state index < -0.39 is 0 Å². The average Bonchev–Trinajstić information content (AvgIpc) is 2.89. The molecule has 1 atom stereocenters. The molecule has 7 nitrogen and oxygen atoms in total. The van der Waals surface area contributed by atoms with Gasteiger partial charge in [-0.3, -0.25) is 19.4 Å². The van der Waals surface area contributed by atoms with Crippen molar-refractivity contribution in [1.82, 2.24) is 25.0 Å². The van der Waals surface area contributed by atoms with Gasteiger partial charge in [0, 0.05) is 32.3 Å². The number of H-pyrrole nitrogens is 1. The Morgan fingerprint density at radius 2 is 2.04 bits per heavy atom. The molecule has 0 saturated carbocycles. The molecule has 1 unspecified atom stereocenters. The molecule has 9 heteroatoms. The van der Waals surface area contributed by atoms with Gasteiger partial charge in [-0.1, -0.05) is 0 Å². The first kappa shape index (κ1) is 24.5. The fourth-order valence-electron chi connectivity index (χ4n) is 4.15. The number of hydrogen-bond acceptors (Lipinski definition) is 4. The third-order valence-corrected chi connectivity index (χ3v) is 5.53. The standard InChI is InChI=1S/C19H29N5O2.2ClH/c1-12-15(13(2)21-18-17(12)19(26)22-23(18)4)7-8-16(25)24-9-5-6-14(11-24)10-20-3;;/h14,20H,5-11H2,1-4H3,(H,22,26);2*1H. The lowest BCUT2D eigenvalue weighted by atomic mass is 9.96. The zero-order chi connectivity index (χ0) is 18.8. The number of nitrogens with one attached hydrogen (secondary N) is 2. The molecule has 1 amide bonds. The van der Waals surface area contributed by atoms with Crippen molar-refractivity contribution in [3.05, 3.63) is 27.2 Å². The average molecular weight is 432 g/mol. The fraction of sp³-hybridized carbons (Fsp3) is 0.632.